The molecule has 0 unspecified atom stereocenters. The molecular formula is C9H16. The third-order valence-corrected chi connectivity index (χ3v) is 3.67. The van der Waals surface area contributed by atoms with Gasteiger partial charge in [0.15, 0.2) is 0 Å². The van der Waals surface area contributed by atoms with Gasteiger partial charge in [0, 0.05) is 0 Å². The first kappa shape index (κ1) is 5.76. The average molecular weight is 124 g/mol. The van der Waals surface area contributed by atoms with Crippen LogP contribution in [0.5, 0.6) is 0 Å². The Morgan fingerprint density at radius 1 is 1.33 bits per heavy atom. The Hall–Kier alpha value is 0. The van der Waals surface area contributed by atoms with Crippen LogP contribution in [0.1, 0.15) is 39.5 Å². The van der Waals surface area contributed by atoms with Gasteiger partial charge >= 0.3 is 0 Å². The lowest BCUT2D eigenvalue weighted by Crippen LogP contribution is -2.32. The molecule has 0 aromatic rings. The molecule has 0 amide bonds. The van der Waals surface area contributed by atoms with Gasteiger partial charge in [-0.25, -0.2) is 0 Å². The van der Waals surface area contributed by atoms with E-state index in [1.54, 1.807) is 12.8 Å². The van der Waals surface area contributed by atoms with Crippen LogP contribution in [0.15, 0.2) is 0 Å². The molecule has 0 aliphatic heterocycles. The fourth-order valence-corrected chi connectivity index (χ4v) is 2.75. The molecule has 0 aromatic carbocycles. The summed E-state index contributed by atoms with van der Waals surface area (Å²) in [4.78, 5) is 0. The number of hydrogen-bond donors (Lipinski definition) is 0. The van der Waals surface area contributed by atoms with Crippen molar-refractivity contribution in [2.75, 3.05) is 0 Å². The van der Waals surface area contributed by atoms with Crippen molar-refractivity contribution in [3.05, 3.63) is 0 Å². The van der Waals surface area contributed by atoms with E-state index < -0.39 is 0 Å². The second-order valence-electron chi connectivity index (χ2n) is 4.33. The second kappa shape index (κ2) is 1.53. The van der Waals surface area contributed by atoms with Gasteiger partial charge < -0.3 is 0 Å². The van der Waals surface area contributed by atoms with Gasteiger partial charge in [-0.1, -0.05) is 13.8 Å². The summed E-state index contributed by atoms with van der Waals surface area (Å²) in [6, 6.07) is 0. The Kier molecular flexibility index (Phi) is 0.980. The van der Waals surface area contributed by atoms with Crippen LogP contribution in [0.2, 0.25) is 0 Å². The van der Waals surface area contributed by atoms with Crippen molar-refractivity contribution in [2.45, 2.75) is 39.5 Å². The van der Waals surface area contributed by atoms with E-state index >= 15 is 0 Å². The van der Waals surface area contributed by atoms with Crippen molar-refractivity contribution in [3.63, 3.8) is 0 Å². The molecule has 0 N–H and O–H groups in total. The normalized spacial score (nSPS) is 47.7. The van der Waals surface area contributed by atoms with E-state index in [-0.39, 0.29) is 0 Å². The van der Waals surface area contributed by atoms with Crippen molar-refractivity contribution in [1.82, 2.24) is 0 Å². The van der Waals surface area contributed by atoms with E-state index in [9.17, 15) is 0 Å². The maximum Gasteiger partial charge on any atom is -0.0269 e. The van der Waals surface area contributed by atoms with E-state index in [1.165, 1.54) is 12.8 Å². The maximum atomic E-state index is 2.39. The Morgan fingerprint density at radius 2 is 2.00 bits per heavy atom. The van der Waals surface area contributed by atoms with Gasteiger partial charge in [-0.05, 0) is 42.9 Å². The molecule has 3 rings (SSSR count). The zero-order valence-electron chi connectivity index (χ0n) is 6.48. The van der Waals surface area contributed by atoms with E-state index in [0.29, 0.717) is 0 Å². The molecule has 3 aliphatic carbocycles. The maximum absolute atomic E-state index is 2.39. The van der Waals surface area contributed by atoms with Crippen LogP contribution >= 0.6 is 0 Å². The number of rotatable bonds is 1. The monoisotopic (exact) mass is 124 g/mol. The zero-order chi connectivity index (χ0) is 6.48. The third kappa shape index (κ3) is 0.595. The van der Waals surface area contributed by atoms with Crippen LogP contribution in [-0.4, -0.2) is 0 Å². The third-order valence-electron chi connectivity index (χ3n) is 3.67. The Balaban J connectivity index is 2.10. The van der Waals surface area contributed by atoms with Crippen molar-refractivity contribution >= 4 is 0 Å². The highest BCUT2D eigenvalue weighted by Crippen LogP contribution is 2.62. The molecule has 9 heavy (non-hydrogen) atoms. The molecule has 3 saturated carbocycles. The summed E-state index contributed by atoms with van der Waals surface area (Å²) >= 11 is 0. The van der Waals surface area contributed by atoms with E-state index in [4.69, 9.17) is 0 Å². The summed E-state index contributed by atoms with van der Waals surface area (Å²) in [5.41, 5.74) is 0.838. The largest absolute Gasteiger partial charge is 0.0622 e. The first-order valence-electron chi connectivity index (χ1n) is 4.23. The van der Waals surface area contributed by atoms with Gasteiger partial charge in [-0.15, -0.1) is 0 Å². The molecule has 3 aliphatic rings. The van der Waals surface area contributed by atoms with E-state index in [1.807, 2.05) is 0 Å². The number of hydrogen-bond acceptors (Lipinski definition) is 0. The highest BCUT2D eigenvalue weighted by molar-refractivity contribution is 5.02. The molecule has 0 nitrogen and oxygen atoms in total. The van der Waals surface area contributed by atoms with Crippen molar-refractivity contribution in [3.8, 4) is 0 Å². The molecule has 2 bridgehead atoms. The molecule has 0 aromatic heterocycles. The van der Waals surface area contributed by atoms with Crippen LogP contribution in [-0.2, 0) is 0 Å². The molecule has 3 fully saturated rings. The highest BCUT2D eigenvalue weighted by atomic mass is 14.6. The predicted molar refractivity (Wildman–Crippen MR) is 39.2 cm³/mol. The highest BCUT2D eigenvalue weighted by Gasteiger charge is 2.51. The van der Waals surface area contributed by atoms with Gasteiger partial charge in [-0.2, -0.15) is 0 Å². The summed E-state index contributed by atoms with van der Waals surface area (Å²) in [7, 11) is 0. The average Bonchev–Trinajstić information content (AvgIpc) is 2.13. The van der Waals surface area contributed by atoms with Crippen LogP contribution in [0.4, 0.5) is 0 Å². The Bertz CT molecular complexity index is 112. The minimum atomic E-state index is 0.838. The molecule has 0 spiro atoms. The fourth-order valence-electron chi connectivity index (χ4n) is 2.75. The molecule has 0 heteroatoms. The lowest BCUT2D eigenvalue weighted by molar-refractivity contribution is 0.0822. The summed E-state index contributed by atoms with van der Waals surface area (Å²) in [6.07, 6.45) is 6.20. The predicted octanol–water partition coefficient (Wildman–Crippen LogP) is 2.83. The topological polar surface area (TPSA) is 0 Å². The van der Waals surface area contributed by atoms with Crippen LogP contribution in [0.3, 0.4) is 0 Å². The Labute approximate surface area is 57.6 Å². The van der Waals surface area contributed by atoms with Gasteiger partial charge in [0.25, 0.3) is 0 Å². The summed E-state index contributed by atoms with van der Waals surface area (Å²) < 4.78 is 0. The molecule has 52 valence electrons. The minimum absolute atomic E-state index is 0.838. The van der Waals surface area contributed by atoms with E-state index in [2.05, 4.69) is 13.8 Å². The van der Waals surface area contributed by atoms with Crippen LogP contribution in [0.25, 0.3) is 0 Å². The minimum Gasteiger partial charge on any atom is -0.0622 e. The van der Waals surface area contributed by atoms with Gasteiger partial charge in [0.1, 0.15) is 0 Å². The summed E-state index contributed by atoms with van der Waals surface area (Å²) in [5, 5.41) is 0. The molecule has 0 heterocycles. The first-order chi connectivity index (χ1) is 4.23. The molecule has 0 atom stereocenters. The SMILES string of the molecule is CC(C)C12CCC(C1)C2. The van der Waals surface area contributed by atoms with Crippen molar-refractivity contribution in [2.24, 2.45) is 17.3 Å². The Morgan fingerprint density at radius 3 is 2.22 bits per heavy atom. The standard InChI is InChI=1S/C9H16/c1-7(2)9-4-3-8(5-9)6-9/h7-8H,3-6H2,1-2H3. The van der Waals surface area contributed by atoms with Crippen LogP contribution < -0.4 is 0 Å². The smallest absolute Gasteiger partial charge is 0.0269 e. The zero-order valence-corrected chi connectivity index (χ0v) is 6.48. The molecule has 0 radical (unpaired) electrons. The van der Waals surface area contributed by atoms with E-state index in [0.717, 1.165) is 17.3 Å². The quantitative estimate of drug-likeness (QED) is 0.504. The lowest BCUT2D eigenvalue weighted by Gasteiger charge is -2.42. The molecule has 0 saturated heterocycles. The van der Waals surface area contributed by atoms with Crippen LogP contribution in [0, 0.1) is 17.3 Å². The van der Waals surface area contributed by atoms with Gasteiger partial charge in [0.2, 0.25) is 0 Å². The second-order valence-corrected chi connectivity index (χ2v) is 4.33. The summed E-state index contributed by atoms with van der Waals surface area (Å²) in [6.45, 7) is 4.78. The van der Waals surface area contributed by atoms with Gasteiger partial charge in [0.05, 0.1) is 0 Å². The fraction of sp³-hybridized carbons (Fsp3) is 1.00. The summed E-state index contributed by atoms with van der Waals surface area (Å²) in [5.74, 6) is 2.10. The lowest BCUT2D eigenvalue weighted by atomic mass is 9.63. The van der Waals surface area contributed by atoms with Crippen molar-refractivity contribution in [1.29, 1.82) is 0 Å². The first-order valence-corrected chi connectivity index (χ1v) is 4.23. The van der Waals surface area contributed by atoms with Gasteiger partial charge in [-0.3, -0.25) is 0 Å². The number of fused-ring (bicyclic) bond motifs is 1. The molecular weight excluding hydrogens is 108 g/mol. The van der Waals surface area contributed by atoms with Crippen molar-refractivity contribution < 1.29 is 0 Å².